The van der Waals surface area contributed by atoms with E-state index < -0.39 is 19.6 Å². The number of rotatable bonds is 4. The number of aryl methyl sites for hydroxylation is 4. The molecule has 0 heterocycles. The number of allylic oxidation sites excluding steroid dienone is 2. The summed E-state index contributed by atoms with van der Waals surface area (Å²) in [6.45, 7) is 6.65. The molecule has 7 heteroatoms. The molecule has 0 amide bonds. The van der Waals surface area contributed by atoms with Crippen LogP contribution < -0.4 is 0 Å². The molecule has 0 aliphatic rings. The number of hydrogen-bond donors (Lipinski definition) is 2. The van der Waals surface area contributed by atoms with E-state index in [1.165, 1.54) is 12.2 Å². The first-order valence-electron chi connectivity index (χ1n) is 8.60. The summed E-state index contributed by atoms with van der Waals surface area (Å²) in [5.41, 5.74) is 3.00. The first-order valence-corrected chi connectivity index (χ1v) is 10.1. The number of sulfone groups is 1. The van der Waals surface area contributed by atoms with Gasteiger partial charge in [-0.15, -0.1) is 0 Å². The predicted molar refractivity (Wildman–Crippen MR) is 111 cm³/mol. The molecule has 2 aromatic carbocycles. The lowest BCUT2D eigenvalue weighted by Crippen LogP contribution is -2.05. The fourth-order valence-electron chi connectivity index (χ4n) is 2.91. The van der Waals surface area contributed by atoms with Crippen LogP contribution in [-0.2, 0) is 9.84 Å². The minimum atomic E-state index is -4.36. The van der Waals surface area contributed by atoms with Gasteiger partial charge in [-0.05, 0) is 97.5 Å². The van der Waals surface area contributed by atoms with E-state index in [1.54, 1.807) is 64.1 Å². The van der Waals surface area contributed by atoms with E-state index in [-0.39, 0.29) is 11.5 Å². The van der Waals surface area contributed by atoms with Crippen molar-refractivity contribution in [1.82, 2.24) is 0 Å². The average Bonchev–Trinajstić information content (AvgIpc) is 2.65. The lowest BCUT2D eigenvalue weighted by molar-refractivity contribution is 0.466. The highest BCUT2D eigenvalue weighted by Crippen LogP contribution is 2.28. The summed E-state index contributed by atoms with van der Waals surface area (Å²) in [6.07, 6.45) is 2.35. The molecule has 6 nitrogen and oxygen atoms in total. The van der Waals surface area contributed by atoms with Gasteiger partial charge in [-0.1, -0.05) is 0 Å². The SMILES string of the molecule is Cc1cc(/C=C(\C#N)S(=O)(=O)/C(C#N)=C/c2cc(C)c(O)c(C)c2)cc(C)c1O. The number of phenolic OH excluding ortho intramolecular Hbond substituents is 2. The number of benzene rings is 2. The molecule has 0 atom stereocenters. The molecule has 2 N–H and O–H groups in total. The Morgan fingerprint density at radius 3 is 1.28 bits per heavy atom. The van der Waals surface area contributed by atoms with Crippen LogP contribution in [-0.4, -0.2) is 18.6 Å². The van der Waals surface area contributed by atoms with Gasteiger partial charge in [-0.25, -0.2) is 8.42 Å². The van der Waals surface area contributed by atoms with Crippen LogP contribution >= 0.6 is 0 Å². The Labute approximate surface area is 170 Å². The van der Waals surface area contributed by atoms with Gasteiger partial charge in [0.05, 0.1) is 0 Å². The Kier molecular flexibility index (Phi) is 6.16. The minimum absolute atomic E-state index is 0.0965. The van der Waals surface area contributed by atoms with Crippen molar-refractivity contribution in [2.75, 3.05) is 0 Å². The van der Waals surface area contributed by atoms with Crippen molar-refractivity contribution >= 4 is 22.0 Å². The molecular weight excluding hydrogens is 388 g/mol. The van der Waals surface area contributed by atoms with Crippen molar-refractivity contribution < 1.29 is 18.6 Å². The maximum atomic E-state index is 12.9. The predicted octanol–water partition coefficient (Wildman–Crippen LogP) is 4.18. The summed E-state index contributed by atoms with van der Waals surface area (Å²) >= 11 is 0. The summed E-state index contributed by atoms with van der Waals surface area (Å²) in [5, 5.41) is 38.6. The molecule has 2 rings (SSSR count). The fourth-order valence-corrected chi connectivity index (χ4v) is 3.97. The van der Waals surface area contributed by atoms with E-state index >= 15 is 0 Å². The molecule has 0 aromatic heterocycles. The monoisotopic (exact) mass is 408 g/mol. The van der Waals surface area contributed by atoms with Gasteiger partial charge < -0.3 is 10.2 Å². The standard InChI is InChI=1S/C22H20N2O4S/c1-13-5-17(6-14(2)21(13)25)9-19(11-23)29(27,28)20(12-24)10-18-7-15(3)22(26)16(4)8-18/h5-10,25-26H,1-4H3/b19-9+,20-10+. The molecule has 0 unspecified atom stereocenters. The van der Waals surface area contributed by atoms with E-state index in [1.807, 2.05) is 0 Å². The van der Waals surface area contributed by atoms with Crippen molar-refractivity contribution in [3.8, 4) is 23.6 Å². The van der Waals surface area contributed by atoms with E-state index in [4.69, 9.17) is 0 Å². The van der Waals surface area contributed by atoms with Gasteiger partial charge in [-0.3, -0.25) is 0 Å². The highest BCUT2D eigenvalue weighted by atomic mass is 32.2. The zero-order valence-electron chi connectivity index (χ0n) is 16.5. The van der Waals surface area contributed by atoms with Crippen LogP contribution in [0.15, 0.2) is 34.1 Å². The smallest absolute Gasteiger partial charge is 0.226 e. The maximum Gasteiger partial charge on any atom is 0.226 e. The van der Waals surface area contributed by atoms with Crippen molar-refractivity contribution in [2.45, 2.75) is 27.7 Å². The second-order valence-corrected chi connectivity index (χ2v) is 8.64. The molecule has 0 fully saturated rings. The lowest BCUT2D eigenvalue weighted by atomic mass is 10.1. The molecule has 2 aromatic rings. The van der Waals surface area contributed by atoms with Crippen molar-refractivity contribution in [2.24, 2.45) is 0 Å². The van der Waals surface area contributed by atoms with Gasteiger partial charge in [-0.2, -0.15) is 10.5 Å². The molecule has 0 radical (unpaired) electrons. The van der Waals surface area contributed by atoms with Gasteiger partial charge in [0.1, 0.15) is 23.6 Å². The van der Waals surface area contributed by atoms with E-state index in [0.29, 0.717) is 33.4 Å². The Morgan fingerprint density at radius 2 is 1.03 bits per heavy atom. The van der Waals surface area contributed by atoms with Crippen LogP contribution in [0.5, 0.6) is 11.5 Å². The Hall–Kier alpha value is -3.55. The third-order valence-corrected chi connectivity index (χ3v) is 6.00. The van der Waals surface area contributed by atoms with Gasteiger partial charge in [0.15, 0.2) is 9.81 Å². The van der Waals surface area contributed by atoms with Crippen molar-refractivity contribution in [1.29, 1.82) is 10.5 Å². The highest BCUT2D eigenvalue weighted by molar-refractivity contribution is 7.99. The largest absolute Gasteiger partial charge is 0.507 e. The normalized spacial score (nSPS) is 12.3. The highest BCUT2D eigenvalue weighted by Gasteiger charge is 2.24. The van der Waals surface area contributed by atoms with E-state index in [2.05, 4.69) is 0 Å². The van der Waals surface area contributed by atoms with Crippen LogP contribution in [0.25, 0.3) is 12.2 Å². The second-order valence-electron chi connectivity index (χ2n) is 6.75. The van der Waals surface area contributed by atoms with Gasteiger partial charge in [0.25, 0.3) is 0 Å². The van der Waals surface area contributed by atoms with Gasteiger partial charge >= 0.3 is 0 Å². The zero-order chi connectivity index (χ0) is 21.9. The molecule has 148 valence electrons. The van der Waals surface area contributed by atoms with E-state index in [0.717, 1.165) is 0 Å². The molecular formula is C22H20N2O4S. The van der Waals surface area contributed by atoms with Crippen LogP contribution in [0.1, 0.15) is 33.4 Å². The molecule has 0 aliphatic carbocycles. The molecule has 0 bridgehead atoms. The van der Waals surface area contributed by atoms with Gasteiger partial charge in [0, 0.05) is 0 Å². The molecule has 0 spiro atoms. The summed E-state index contributed by atoms with van der Waals surface area (Å²) in [6, 6.07) is 9.52. The maximum absolute atomic E-state index is 12.9. The molecule has 0 aliphatic heterocycles. The van der Waals surface area contributed by atoms with Gasteiger partial charge in [0.2, 0.25) is 9.84 Å². The van der Waals surface area contributed by atoms with Crippen molar-refractivity contribution in [3.05, 3.63) is 67.5 Å². The number of hydrogen-bond acceptors (Lipinski definition) is 6. The Balaban J connectivity index is 2.61. The Bertz CT molecular complexity index is 1100. The quantitative estimate of drug-likeness (QED) is 0.732. The van der Waals surface area contributed by atoms with Crippen LogP contribution in [0.4, 0.5) is 0 Å². The van der Waals surface area contributed by atoms with Crippen LogP contribution in [0, 0.1) is 50.4 Å². The molecule has 0 saturated carbocycles. The van der Waals surface area contributed by atoms with E-state index in [9.17, 15) is 29.2 Å². The average molecular weight is 408 g/mol. The summed E-state index contributed by atoms with van der Waals surface area (Å²) in [5.74, 6) is 0.193. The molecule has 0 saturated heterocycles. The van der Waals surface area contributed by atoms with Crippen LogP contribution in [0.2, 0.25) is 0 Å². The lowest BCUT2D eigenvalue weighted by Gasteiger charge is -2.07. The molecule has 29 heavy (non-hydrogen) atoms. The number of aromatic hydroxyl groups is 2. The second kappa shape index (κ2) is 8.22. The Morgan fingerprint density at radius 1 is 0.759 bits per heavy atom. The summed E-state index contributed by atoms with van der Waals surface area (Å²) in [7, 11) is -4.36. The first kappa shape index (κ1) is 21.7. The van der Waals surface area contributed by atoms with Crippen molar-refractivity contribution in [3.63, 3.8) is 0 Å². The first-order chi connectivity index (χ1) is 13.5. The zero-order valence-corrected chi connectivity index (χ0v) is 17.3. The summed E-state index contributed by atoms with van der Waals surface area (Å²) < 4.78 is 25.8. The third-order valence-electron chi connectivity index (χ3n) is 4.42. The number of nitrogens with zero attached hydrogens (tertiary/aromatic N) is 2. The number of phenols is 2. The minimum Gasteiger partial charge on any atom is -0.507 e. The number of nitriles is 2. The summed E-state index contributed by atoms with van der Waals surface area (Å²) in [4.78, 5) is -1.16. The topological polar surface area (TPSA) is 122 Å². The van der Waals surface area contributed by atoms with Crippen LogP contribution in [0.3, 0.4) is 0 Å². The fraction of sp³-hybridized carbons (Fsp3) is 0.182. The third kappa shape index (κ3) is 4.48.